The largest absolute Gasteiger partial charge is 0.481 e. The number of imide groups is 1. The smallest absolute Gasteiger partial charge is 0.313 e. The minimum Gasteiger partial charge on any atom is -0.481 e. The molecule has 1 aromatic carbocycles. The molecule has 1 saturated heterocycles. The Hall–Kier alpha value is -1.34. The second-order valence-electron chi connectivity index (χ2n) is 3.94. The molecule has 0 spiro atoms. The number of rotatable bonds is 4. The third-order valence-corrected chi connectivity index (χ3v) is 4.26. The van der Waals surface area contributed by atoms with Crippen molar-refractivity contribution in [2.75, 3.05) is 10.7 Å². The average molecular weight is 344 g/mol. The van der Waals surface area contributed by atoms with E-state index in [2.05, 4.69) is 15.9 Å². The summed E-state index contributed by atoms with van der Waals surface area (Å²) >= 11 is 4.27. The Labute approximate surface area is 122 Å². The van der Waals surface area contributed by atoms with Crippen LogP contribution in [0.4, 0.5) is 5.69 Å². The molecular formula is C12H10BrNO4S. The summed E-state index contributed by atoms with van der Waals surface area (Å²) < 4.78 is 0.771. The third-order valence-electron chi connectivity index (χ3n) is 2.58. The number of hydrogen-bond donors (Lipinski definition) is 1. The fraction of sp³-hybridized carbons (Fsp3) is 0.250. The molecule has 0 aromatic heterocycles. The van der Waals surface area contributed by atoms with E-state index in [0.29, 0.717) is 5.69 Å². The summed E-state index contributed by atoms with van der Waals surface area (Å²) in [6, 6.07) is 6.88. The highest BCUT2D eigenvalue weighted by Gasteiger charge is 2.40. The zero-order chi connectivity index (χ0) is 14.0. The van der Waals surface area contributed by atoms with Crippen molar-refractivity contribution in [2.24, 2.45) is 0 Å². The minimum atomic E-state index is -0.994. The molecule has 0 aliphatic carbocycles. The van der Waals surface area contributed by atoms with Crippen LogP contribution in [0.1, 0.15) is 6.42 Å². The Morgan fingerprint density at radius 3 is 2.84 bits per heavy atom. The van der Waals surface area contributed by atoms with Crippen molar-refractivity contribution in [1.29, 1.82) is 0 Å². The van der Waals surface area contributed by atoms with E-state index >= 15 is 0 Å². The minimum absolute atomic E-state index is 0.0449. The van der Waals surface area contributed by atoms with Gasteiger partial charge in [0.25, 0.3) is 0 Å². The van der Waals surface area contributed by atoms with Crippen LogP contribution in [0, 0.1) is 0 Å². The second kappa shape index (κ2) is 5.75. The Morgan fingerprint density at radius 2 is 2.21 bits per heavy atom. The molecule has 19 heavy (non-hydrogen) atoms. The van der Waals surface area contributed by atoms with Crippen LogP contribution in [0.3, 0.4) is 0 Å². The van der Waals surface area contributed by atoms with E-state index in [0.717, 1.165) is 21.1 Å². The van der Waals surface area contributed by atoms with Crippen molar-refractivity contribution in [1.82, 2.24) is 0 Å². The maximum atomic E-state index is 12.1. The van der Waals surface area contributed by atoms with Crippen LogP contribution in [0.5, 0.6) is 0 Å². The lowest BCUT2D eigenvalue weighted by Gasteiger charge is -2.14. The van der Waals surface area contributed by atoms with Gasteiger partial charge in [0.1, 0.15) is 0 Å². The number of halogens is 1. The highest BCUT2D eigenvalue weighted by Crippen LogP contribution is 2.30. The SMILES string of the molecule is O=C(O)CSC1CC(=O)N(c2cccc(Br)c2)C1=O. The lowest BCUT2D eigenvalue weighted by Crippen LogP contribution is -2.31. The van der Waals surface area contributed by atoms with Crippen LogP contribution in [0.15, 0.2) is 28.7 Å². The van der Waals surface area contributed by atoms with Gasteiger partial charge in [-0.25, -0.2) is 4.90 Å². The summed E-state index contributed by atoms with van der Waals surface area (Å²) in [5.74, 6) is -1.83. The van der Waals surface area contributed by atoms with E-state index < -0.39 is 11.2 Å². The number of amides is 2. The summed E-state index contributed by atoms with van der Waals surface area (Å²) in [6.07, 6.45) is 0.0449. The lowest BCUT2D eigenvalue weighted by atomic mass is 10.3. The summed E-state index contributed by atoms with van der Waals surface area (Å²) in [5.41, 5.74) is 0.503. The van der Waals surface area contributed by atoms with E-state index in [4.69, 9.17) is 5.11 Å². The fourth-order valence-corrected chi connectivity index (χ4v) is 3.03. The molecule has 1 atom stereocenters. The molecule has 1 N–H and O–H groups in total. The quantitative estimate of drug-likeness (QED) is 0.845. The van der Waals surface area contributed by atoms with Gasteiger partial charge in [-0.1, -0.05) is 22.0 Å². The Bertz CT molecular complexity index is 548. The molecule has 0 radical (unpaired) electrons. The second-order valence-corrected chi connectivity index (χ2v) is 6.05. The number of carboxylic acids is 1. The number of thioether (sulfide) groups is 1. The Balaban J connectivity index is 2.17. The summed E-state index contributed by atoms with van der Waals surface area (Å²) in [5, 5.41) is 8.00. The van der Waals surface area contributed by atoms with E-state index in [-0.39, 0.29) is 24.0 Å². The monoisotopic (exact) mass is 343 g/mol. The van der Waals surface area contributed by atoms with Gasteiger partial charge < -0.3 is 5.11 Å². The molecule has 0 bridgehead atoms. The summed E-state index contributed by atoms with van der Waals surface area (Å²) in [4.78, 5) is 35.6. The zero-order valence-corrected chi connectivity index (χ0v) is 12.1. The van der Waals surface area contributed by atoms with Crippen LogP contribution in [0.2, 0.25) is 0 Å². The standard InChI is InChI=1S/C12H10BrNO4S/c13-7-2-1-3-8(4-7)14-10(15)5-9(12(14)18)19-6-11(16)17/h1-4,9H,5-6H2,(H,16,17). The highest BCUT2D eigenvalue weighted by molar-refractivity contribution is 9.10. The van der Waals surface area contributed by atoms with Gasteiger partial charge in [0, 0.05) is 10.9 Å². The van der Waals surface area contributed by atoms with Crippen LogP contribution in [-0.2, 0) is 14.4 Å². The molecule has 1 aromatic rings. The summed E-state index contributed by atoms with van der Waals surface area (Å²) in [7, 11) is 0. The number of nitrogens with zero attached hydrogens (tertiary/aromatic N) is 1. The number of benzene rings is 1. The number of carbonyl (C=O) groups is 3. The zero-order valence-electron chi connectivity index (χ0n) is 9.71. The molecule has 2 rings (SSSR count). The molecule has 100 valence electrons. The molecule has 1 aliphatic heterocycles. The van der Waals surface area contributed by atoms with Crippen molar-refractivity contribution in [2.45, 2.75) is 11.7 Å². The lowest BCUT2D eigenvalue weighted by molar-refractivity contribution is -0.134. The maximum Gasteiger partial charge on any atom is 0.313 e. The van der Waals surface area contributed by atoms with Crippen molar-refractivity contribution >= 4 is 51.2 Å². The molecule has 1 fully saturated rings. The van der Waals surface area contributed by atoms with E-state index in [9.17, 15) is 14.4 Å². The van der Waals surface area contributed by atoms with Crippen LogP contribution < -0.4 is 4.90 Å². The first-order chi connectivity index (χ1) is 8.99. The van der Waals surface area contributed by atoms with Gasteiger partial charge in [-0.15, -0.1) is 11.8 Å². The number of carbonyl (C=O) groups excluding carboxylic acids is 2. The van der Waals surface area contributed by atoms with E-state index in [1.54, 1.807) is 24.3 Å². The van der Waals surface area contributed by atoms with Crippen molar-refractivity contribution in [3.63, 3.8) is 0 Å². The highest BCUT2D eigenvalue weighted by atomic mass is 79.9. The van der Waals surface area contributed by atoms with Gasteiger partial charge in [-0.05, 0) is 18.2 Å². The Morgan fingerprint density at radius 1 is 1.47 bits per heavy atom. The van der Waals surface area contributed by atoms with Crippen LogP contribution >= 0.6 is 27.7 Å². The maximum absolute atomic E-state index is 12.1. The van der Waals surface area contributed by atoms with Gasteiger partial charge >= 0.3 is 5.97 Å². The number of carboxylic acid groups (broad SMARTS) is 1. The fourth-order valence-electron chi connectivity index (χ4n) is 1.79. The van der Waals surface area contributed by atoms with Gasteiger partial charge in [-0.3, -0.25) is 14.4 Å². The van der Waals surface area contributed by atoms with Crippen molar-refractivity contribution in [3.8, 4) is 0 Å². The topological polar surface area (TPSA) is 74.7 Å². The van der Waals surface area contributed by atoms with Crippen molar-refractivity contribution in [3.05, 3.63) is 28.7 Å². The first kappa shape index (κ1) is 14.1. The third kappa shape index (κ3) is 3.16. The normalized spacial score (nSPS) is 19.0. The number of aliphatic carboxylic acids is 1. The number of anilines is 1. The summed E-state index contributed by atoms with van der Waals surface area (Å²) in [6.45, 7) is 0. The Kier molecular flexibility index (Phi) is 4.26. The predicted molar refractivity (Wildman–Crippen MR) is 75.1 cm³/mol. The van der Waals surface area contributed by atoms with Gasteiger partial charge in [-0.2, -0.15) is 0 Å². The predicted octanol–water partition coefficient (Wildman–Crippen LogP) is 1.90. The average Bonchev–Trinajstić information content (AvgIpc) is 2.62. The van der Waals surface area contributed by atoms with Gasteiger partial charge in [0.2, 0.25) is 11.8 Å². The van der Waals surface area contributed by atoms with Crippen LogP contribution in [0.25, 0.3) is 0 Å². The van der Waals surface area contributed by atoms with Crippen LogP contribution in [-0.4, -0.2) is 33.9 Å². The first-order valence-corrected chi connectivity index (χ1v) is 7.29. The van der Waals surface area contributed by atoms with Crippen molar-refractivity contribution < 1.29 is 19.5 Å². The van der Waals surface area contributed by atoms with E-state index in [1.165, 1.54) is 0 Å². The molecule has 7 heteroatoms. The molecule has 1 aliphatic rings. The molecule has 0 saturated carbocycles. The van der Waals surface area contributed by atoms with Gasteiger partial charge in [0.15, 0.2) is 0 Å². The molecule has 5 nitrogen and oxygen atoms in total. The molecule has 1 unspecified atom stereocenters. The molecule has 1 heterocycles. The number of hydrogen-bond acceptors (Lipinski definition) is 4. The molecule has 2 amide bonds. The molecular weight excluding hydrogens is 334 g/mol. The van der Waals surface area contributed by atoms with E-state index in [1.807, 2.05) is 0 Å². The first-order valence-electron chi connectivity index (χ1n) is 5.45. The van der Waals surface area contributed by atoms with Gasteiger partial charge in [0.05, 0.1) is 16.7 Å².